The van der Waals surface area contributed by atoms with E-state index in [0.717, 1.165) is 24.4 Å². The normalized spacial score (nSPS) is 20.8. The van der Waals surface area contributed by atoms with E-state index in [4.69, 9.17) is 4.74 Å². The molecule has 0 bridgehead atoms. The molecule has 3 nitrogen and oxygen atoms in total. The van der Waals surface area contributed by atoms with Crippen molar-refractivity contribution in [3.05, 3.63) is 48.3 Å². The number of hydrogen-bond donors (Lipinski definition) is 0. The van der Waals surface area contributed by atoms with Gasteiger partial charge in [-0.2, -0.15) is 0 Å². The zero-order valence-corrected chi connectivity index (χ0v) is 11.8. The monoisotopic (exact) mass is 256 g/mol. The van der Waals surface area contributed by atoms with Crippen LogP contribution >= 0.6 is 0 Å². The first-order chi connectivity index (χ1) is 9.10. The van der Waals surface area contributed by atoms with Crippen LogP contribution in [0.3, 0.4) is 0 Å². The fraction of sp³-hybridized carbons (Fsp3) is 0.375. The van der Waals surface area contributed by atoms with E-state index in [-0.39, 0.29) is 5.60 Å². The second-order valence-corrected chi connectivity index (χ2v) is 5.62. The van der Waals surface area contributed by atoms with Gasteiger partial charge in [0.15, 0.2) is 0 Å². The number of fused-ring (bicyclic) bond motifs is 3. The molecule has 0 radical (unpaired) electrons. The second kappa shape index (κ2) is 4.42. The molecule has 1 atom stereocenters. The Labute approximate surface area is 114 Å². The molecule has 2 heterocycles. The van der Waals surface area contributed by atoms with Crippen LogP contribution in [0.25, 0.3) is 5.69 Å². The number of benzene rings is 1. The van der Waals surface area contributed by atoms with Gasteiger partial charge in [0, 0.05) is 19.2 Å². The van der Waals surface area contributed by atoms with E-state index in [1.807, 2.05) is 12.1 Å². The van der Waals surface area contributed by atoms with Gasteiger partial charge in [0.25, 0.3) is 0 Å². The average Bonchev–Trinajstić information content (AvgIpc) is 2.87. The molecule has 19 heavy (non-hydrogen) atoms. The number of aromatic nitrogens is 1. The summed E-state index contributed by atoms with van der Waals surface area (Å²) in [6.07, 6.45) is 3.09. The third-order valence-electron chi connectivity index (χ3n) is 3.79. The van der Waals surface area contributed by atoms with E-state index in [1.54, 1.807) is 0 Å². The Bertz CT molecular complexity index is 588. The molecular weight excluding hydrogens is 236 g/mol. The van der Waals surface area contributed by atoms with E-state index in [0.29, 0.717) is 0 Å². The minimum atomic E-state index is -0.262. The quantitative estimate of drug-likeness (QED) is 0.840. The Morgan fingerprint density at radius 3 is 2.74 bits per heavy atom. The zero-order valence-electron chi connectivity index (χ0n) is 11.8. The van der Waals surface area contributed by atoms with Gasteiger partial charge >= 0.3 is 0 Å². The van der Waals surface area contributed by atoms with Crippen molar-refractivity contribution in [2.45, 2.75) is 18.9 Å². The lowest BCUT2D eigenvalue weighted by molar-refractivity contribution is 0.0545. The van der Waals surface area contributed by atoms with Crippen LogP contribution in [0.2, 0.25) is 0 Å². The van der Waals surface area contributed by atoms with Crippen LogP contribution in [-0.4, -0.2) is 30.1 Å². The van der Waals surface area contributed by atoms with Crippen molar-refractivity contribution >= 4 is 0 Å². The van der Waals surface area contributed by atoms with E-state index >= 15 is 0 Å². The summed E-state index contributed by atoms with van der Waals surface area (Å²) in [7, 11) is 4.19. The maximum absolute atomic E-state index is 6.31. The van der Waals surface area contributed by atoms with E-state index in [9.17, 15) is 0 Å². The summed E-state index contributed by atoms with van der Waals surface area (Å²) in [5.74, 6) is 0.965. The van der Waals surface area contributed by atoms with Crippen molar-refractivity contribution < 1.29 is 4.74 Å². The maximum Gasteiger partial charge on any atom is 0.148 e. The zero-order chi connectivity index (χ0) is 13.5. The number of para-hydroxylation sites is 2. The van der Waals surface area contributed by atoms with E-state index in [2.05, 4.69) is 60.9 Å². The molecule has 1 unspecified atom stereocenters. The summed E-state index contributed by atoms with van der Waals surface area (Å²) in [5, 5.41) is 0. The first-order valence-corrected chi connectivity index (χ1v) is 6.71. The lowest BCUT2D eigenvalue weighted by atomic mass is 9.95. The van der Waals surface area contributed by atoms with Crippen LogP contribution in [0, 0.1) is 0 Å². The molecule has 0 N–H and O–H groups in total. The van der Waals surface area contributed by atoms with Gasteiger partial charge in [-0.1, -0.05) is 12.1 Å². The smallest absolute Gasteiger partial charge is 0.148 e. The maximum atomic E-state index is 6.31. The fourth-order valence-electron chi connectivity index (χ4n) is 2.68. The highest BCUT2D eigenvalue weighted by molar-refractivity contribution is 5.51. The third-order valence-corrected chi connectivity index (χ3v) is 3.79. The van der Waals surface area contributed by atoms with E-state index in [1.165, 1.54) is 5.69 Å². The van der Waals surface area contributed by atoms with Crippen LogP contribution in [0.15, 0.2) is 42.6 Å². The number of ether oxygens (including phenoxy) is 1. The van der Waals surface area contributed by atoms with Crippen LogP contribution in [0.4, 0.5) is 0 Å². The molecule has 0 aliphatic carbocycles. The van der Waals surface area contributed by atoms with Crippen LogP contribution < -0.4 is 4.74 Å². The molecular formula is C16H20N2O. The van der Waals surface area contributed by atoms with Crippen molar-refractivity contribution in [2.24, 2.45) is 0 Å². The average molecular weight is 256 g/mol. The van der Waals surface area contributed by atoms with E-state index < -0.39 is 0 Å². The van der Waals surface area contributed by atoms with Crippen LogP contribution in [-0.2, 0) is 5.60 Å². The van der Waals surface area contributed by atoms with Crippen molar-refractivity contribution in [1.29, 1.82) is 0 Å². The molecule has 0 saturated carbocycles. The summed E-state index contributed by atoms with van der Waals surface area (Å²) < 4.78 is 8.55. The predicted octanol–water partition coefficient (Wildman–Crippen LogP) is 3.04. The Morgan fingerprint density at radius 1 is 1.16 bits per heavy atom. The minimum absolute atomic E-state index is 0.262. The molecule has 0 saturated heterocycles. The van der Waals surface area contributed by atoms with Gasteiger partial charge < -0.3 is 14.2 Å². The summed E-state index contributed by atoms with van der Waals surface area (Å²) in [5.41, 5.74) is 2.10. The van der Waals surface area contributed by atoms with Crippen molar-refractivity contribution in [2.75, 3.05) is 20.6 Å². The third kappa shape index (κ3) is 2.04. The van der Waals surface area contributed by atoms with Gasteiger partial charge in [-0.15, -0.1) is 0 Å². The Kier molecular flexibility index (Phi) is 2.86. The largest absolute Gasteiger partial charge is 0.479 e. The van der Waals surface area contributed by atoms with Crippen molar-refractivity contribution in [3.63, 3.8) is 0 Å². The van der Waals surface area contributed by atoms with Crippen LogP contribution in [0.1, 0.15) is 19.0 Å². The lowest BCUT2D eigenvalue weighted by Gasteiger charge is -2.37. The Balaban J connectivity index is 2.03. The first-order valence-electron chi connectivity index (χ1n) is 6.71. The van der Waals surface area contributed by atoms with Gasteiger partial charge in [0.05, 0.1) is 11.4 Å². The highest BCUT2D eigenvalue weighted by atomic mass is 16.5. The SMILES string of the molecule is CN(C)CCC1(C)Oc2ccccc2-n2cccc21. The molecule has 1 aromatic heterocycles. The highest BCUT2D eigenvalue weighted by Crippen LogP contribution is 2.40. The Hall–Kier alpha value is -1.74. The molecule has 1 aliphatic heterocycles. The van der Waals surface area contributed by atoms with Gasteiger partial charge in [-0.3, -0.25) is 0 Å². The number of hydrogen-bond acceptors (Lipinski definition) is 2. The summed E-state index contributed by atoms with van der Waals surface area (Å²) in [6, 6.07) is 12.5. The van der Waals surface area contributed by atoms with Crippen molar-refractivity contribution in [1.82, 2.24) is 9.47 Å². The van der Waals surface area contributed by atoms with Gasteiger partial charge in [-0.05, 0) is 45.3 Å². The van der Waals surface area contributed by atoms with Crippen molar-refractivity contribution in [3.8, 4) is 11.4 Å². The number of rotatable bonds is 3. The highest BCUT2D eigenvalue weighted by Gasteiger charge is 2.36. The summed E-state index contributed by atoms with van der Waals surface area (Å²) in [6.45, 7) is 3.18. The van der Waals surface area contributed by atoms with Gasteiger partial charge in [0.1, 0.15) is 11.4 Å². The molecule has 0 fully saturated rings. The first kappa shape index (κ1) is 12.3. The van der Waals surface area contributed by atoms with Gasteiger partial charge in [0.2, 0.25) is 0 Å². The second-order valence-electron chi connectivity index (χ2n) is 5.62. The molecule has 2 aromatic rings. The molecule has 0 spiro atoms. The molecule has 3 rings (SSSR count). The van der Waals surface area contributed by atoms with Crippen LogP contribution in [0.5, 0.6) is 5.75 Å². The topological polar surface area (TPSA) is 17.4 Å². The predicted molar refractivity (Wildman–Crippen MR) is 76.9 cm³/mol. The lowest BCUT2D eigenvalue weighted by Crippen LogP contribution is -2.38. The standard InChI is InChI=1S/C16H20N2O/c1-16(10-12-17(2)3)15-9-6-11-18(15)13-7-4-5-8-14(13)19-16/h4-9,11H,10,12H2,1-3H3. The molecule has 1 aromatic carbocycles. The molecule has 3 heteroatoms. The van der Waals surface area contributed by atoms with Gasteiger partial charge in [-0.25, -0.2) is 0 Å². The molecule has 1 aliphatic rings. The molecule has 100 valence electrons. The minimum Gasteiger partial charge on any atom is -0.479 e. The Morgan fingerprint density at radius 2 is 1.95 bits per heavy atom. The number of nitrogens with zero attached hydrogens (tertiary/aromatic N) is 2. The summed E-state index contributed by atoms with van der Waals surface area (Å²) in [4.78, 5) is 2.20. The summed E-state index contributed by atoms with van der Waals surface area (Å²) >= 11 is 0. The fourth-order valence-corrected chi connectivity index (χ4v) is 2.68. The molecule has 0 amide bonds.